The summed E-state index contributed by atoms with van der Waals surface area (Å²) in [5.74, 6) is -1.03. The minimum atomic E-state index is -4.14. The molecule has 0 atom stereocenters. The summed E-state index contributed by atoms with van der Waals surface area (Å²) in [5, 5.41) is -0.312. The first kappa shape index (κ1) is 18.1. The molecule has 0 saturated heterocycles. The van der Waals surface area contributed by atoms with Gasteiger partial charge in [0.2, 0.25) is 0 Å². The molecule has 1 amide bonds. The number of sulfonamides is 1. The molecular weight excluding hydrogens is 366 g/mol. The van der Waals surface area contributed by atoms with Gasteiger partial charge in [0.1, 0.15) is 5.75 Å². The average molecular weight is 377 g/mol. The van der Waals surface area contributed by atoms with Gasteiger partial charge in [-0.05, 0) is 30.3 Å². The van der Waals surface area contributed by atoms with E-state index in [-0.39, 0.29) is 21.2 Å². The van der Waals surface area contributed by atoms with Crippen molar-refractivity contribution in [3.63, 3.8) is 0 Å². The number of hydrogen-bond donors (Lipinski definition) is 2. The second-order valence-electron chi connectivity index (χ2n) is 4.40. The molecule has 0 aliphatic carbocycles. The van der Waals surface area contributed by atoms with Crippen LogP contribution in [-0.2, 0) is 10.0 Å². The van der Waals surface area contributed by atoms with E-state index in [9.17, 15) is 22.0 Å². The van der Waals surface area contributed by atoms with Gasteiger partial charge in [-0.2, -0.15) is 8.78 Å². The number of halogens is 3. The molecule has 0 aromatic heterocycles. The number of hydrogen-bond acceptors (Lipinski definition) is 4. The van der Waals surface area contributed by atoms with Crippen molar-refractivity contribution in [2.75, 3.05) is 0 Å². The van der Waals surface area contributed by atoms with Gasteiger partial charge in [0.15, 0.2) is 0 Å². The van der Waals surface area contributed by atoms with Gasteiger partial charge < -0.3 is 4.74 Å². The van der Waals surface area contributed by atoms with Crippen LogP contribution in [0.2, 0.25) is 5.02 Å². The van der Waals surface area contributed by atoms with E-state index < -0.39 is 22.5 Å². The number of hydrazine groups is 1. The van der Waals surface area contributed by atoms with Gasteiger partial charge in [0.05, 0.1) is 9.92 Å². The van der Waals surface area contributed by atoms with Crippen molar-refractivity contribution in [1.29, 1.82) is 0 Å². The summed E-state index contributed by atoms with van der Waals surface area (Å²) in [6.45, 7) is -3.09. The fourth-order valence-electron chi connectivity index (χ4n) is 1.67. The van der Waals surface area contributed by atoms with Gasteiger partial charge in [-0.15, -0.1) is 4.83 Å². The molecule has 0 heterocycles. The Morgan fingerprint density at radius 2 is 1.79 bits per heavy atom. The summed E-state index contributed by atoms with van der Waals surface area (Å²) >= 11 is 5.70. The van der Waals surface area contributed by atoms with E-state index in [1.165, 1.54) is 12.1 Å². The molecule has 0 bridgehead atoms. The normalized spacial score (nSPS) is 11.3. The van der Waals surface area contributed by atoms with Gasteiger partial charge >= 0.3 is 6.61 Å². The zero-order valence-corrected chi connectivity index (χ0v) is 13.4. The van der Waals surface area contributed by atoms with Crippen molar-refractivity contribution < 1.29 is 26.7 Å². The molecule has 0 fully saturated rings. The molecule has 0 unspecified atom stereocenters. The molecule has 2 rings (SSSR count). The molecule has 2 aromatic carbocycles. The molecule has 6 nitrogen and oxygen atoms in total. The van der Waals surface area contributed by atoms with Crippen LogP contribution in [0.15, 0.2) is 53.4 Å². The minimum Gasteiger partial charge on any atom is -0.433 e. The van der Waals surface area contributed by atoms with Crippen molar-refractivity contribution in [2.45, 2.75) is 11.5 Å². The molecule has 0 radical (unpaired) electrons. The van der Waals surface area contributed by atoms with Gasteiger partial charge in [0.25, 0.3) is 15.9 Å². The monoisotopic (exact) mass is 376 g/mol. The van der Waals surface area contributed by atoms with E-state index in [0.717, 1.165) is 18.2 Å². The molecule has 0 saturated carbocycles. The Kier molecular flexibility index (Phi) is 5.71. The predicted molar refractivity (Wildman–Crippen MR) is 82.3 cm³/mol. The Hall–Kier alpha value is -2.23. The SMILES string of the molecule is O=C(NNS(=O)(=O)c1ccc(OC(F)F)c(Cl)c1)c1ccccc1. The standard InChI is InChI=1S/C14H11ClF2N2O4S/c15-11-8-10(6-7-12(11)23-14(16)17)24(21,22)19-18-13(20)9-4-2-1-3-5-9/h1-8,14,19H,(H,18,20). The molecule has 2 N–H and O–H groups in total. The van der Waals surface area contributed by atoms with Crippen LogP contribution < -0.4 is 15.0 Å². The van der Waals surface area contributed by atoms with Crippen LogP contribution in [0.4, 0.5) is 8.78 Å². The number of alkyl halides is 2. The van der Waals surface area contributed by atoms with Crippen molar-refractivity contribution in [1.82, 2.24) is 10.3 Å². The van der Waals surface area contributed by atoms with E-state index >= 15 is 0 Å². The second kappa shape index (κ2) is 7.56. The van der Waals surface area contributed by atoms with Crippen LogP contribution in [0, 0.1) is 0 Å². The summed E-state index contributed by atoms with van der Waals surface area (Å²) in [5.41, 5.74) is 2.28. The quantitative estimate of drug-likeness (QED) is 0.759. The van der Waals surface area contributed by atoms with E-state index in [1.54, 1.807) is 18.2 Å². The van der Waals surface area contributed by atoms with Gasteiger partial charge in [-0.25, -0.2) is 8.42 Å². The molecule has 0 aliphatic rings. The third-order valence-electron chi connectivity index (χ3n) is 2.76. The second-order valence-corrected chi connectivity index (χ2v) is 6.49. The smallest absolute Gasteiger partial charge is 0.387 e. The Morgan fingerprint density at radius 1 is 1.12 bits per heavy atom. The van der Waals surface area contributed by atoms with Gasteiger partial charge in [-0.3, -0.25) is 10.2 Å². The van der Waals surface area contributed by atoms with Crippen LogP contribution in [0.3, 0.4) is 0 Å². The fraction of sp³-hybridized carbons (Fsp3) is 0.0714. The average Bonchev–Trinajstić information content (AvgIpc) is 2.55. The highest BCUT2D eigenvalue weighted by Gasteiger charge is 2.18. The number of nitrogens with one attached hydrogen (secondary N) is 2. The highest BCUT2D eigenvalue weighted by molar-refractivity contribution is 7.89. The summed E-state index contributed by atoms with van der Waals surface area (Å²) in [6, 6.07) is 10.9. The van der Waals surface area contributed by atoms with E-state index in [4.69, 9.17) is 11.6 Å². The maximum absolute atomic E-state index is 12.1. The van der Waals surface area contributed by atoms with E-state index in [2.05, 4.69) is 4.74 Å². The van der Waals surface area contributed by atoms with Crippen LogP contribution >= 0.6 is 11.6 Å². The number of rotatable bonds is 6. The zero-order chi connectivity index (χ0) is 17.7. The third kappa shape index (κ3) is 4.63. The number of carbonyl (C=O) groups excluding carboxylic acids is 1. The van der Waals surface area contributed by atoms with Crippen molar-refractivity contribution in [3.8, 4) is 5.75 Å². The maximum atomic E-state index is 12.1. The Bertz CT molecular complexity index is 832. The lowest BCUT2D eigenvalue weighted by Gasteiger charge is -2.11. The molecule has 0 aliphatic heterocycles. The lowest BCUT2D eigenvalue weighted by Crippen LogP contribution is -2.41. The summed E-state index contributed by atoms with van der Waals surface area (Å²) in [4.78, 5) is 13.4. The van der Waals surface area contributed by atoms with Crippen molar-refractivity contribution >= 4 is 27.5 Å². The largest absolute Gasteiger partial charge is 0.433 e. The highest BCUT2D eigenvalue weighted by atomic mass is 35.5. The number of amides is 1. The van der Waals surface area contributed by atoms with Crippen LogP contribution in [-0.4, -0.2) is 20.9 Å². The number of ether oxygens (including phenoxy) is 1. The summed E-state index contributed by atoms with van der Waals surface area (Å²) in [7, 11) is -4.14. The first-order valence-electron chi connectivity index (χ1n) is 6.41. The highest BCUT2D eigenvalue weighted by Crippen LogP contribution is 2.28. The van der Waals surface area contributed by atoms with Crippen LogP contribution in [0.1, 0.15) is 10.4 Å². The fourth-order valence-corrected chi connectivity index (χ4v) is 2.83. The first-order valence-corrected chi connectivity index (χ1v) is 8.27. The zero-order valence-electron chi connectivity index (χ0n) is 11.9. The lowest BCUT2D eigenvalue weighted by molar-refractivity contribution is -0.0498. The Balaban J connectivity index is 2.10. The number of carbonyl (C=O) groups is 1. The predicted octanol–water partition coefficient (Wildman–Crippen LogP) is 2.56. The van der Waals surface area contributed by atoms with Crippen molar-refractivity contribution in [3.05, 3.63) is 59.1 Å². The lowest BCUT2D eigenvalue weighted by atomic mass is 10.2. The Labute approximate surface area is 141 Å². The number of benzene rings is 2. The van der Waals surface area contributed by atoms with Crippen LogP contribution in [0.25, 0.3) is 0 Å². The molecule has 2 aromatic rings. The van der Waals surface area contributed by atoms with E-state index in [1.807, 2.05) is 10.3 Å². The van der Waals surface area contributed by atoms with E-state index in [0.29, 0.717) is 0 Å². The summed E-state index contributed by atoms with van der Waals surface area (Å²) in [6.07, 6.45) is 0. The van der Waals surface area contributed by atoms with Crippen molar-refractivity contribution in [2.24, 2.45) is 0 Å². The van der Waals surface area contributed by atoms with Gasteiger partial charge in [-0.1, -0.05) is 29.8 Å². The topological polar surface area (TPSA) is 84.5 Å². The Morgan fingerprint density at radius 3 is 2.38 bits per heavy atom. The van der Waals surface area contributed by atoms with Gasteiger partial charge in [0, 0.05) is 5.56 Å². The first-order chi connectivity index (χ1) is 11.3. The molecule has 128 valence electrons. The molecule has 24 heavy (non-hydrogen) atoms. The maximum Gasteiger partial charge on any atom is 0.387 e. The summed E-state index contributed by atoms with van der Waals surface area (Å²) < 4.78 is 52.6. The minimum absolute atomic E-state index is 0.249. The molecule has 0 spiro atoms. The molecular formula is C14H11ClF2N2O4S. The third-order valence-corrected chi connectivity index (χ3v) is 4.31. The molecule has 10 heteroatoms. The van der Waals surface area contributed by atoms with Crippen LogP contribution in [0.5, 0.6) is 5.75 Å².